The second-order valence-corrected chi connectivity index (χ2v) is 12.4. The third kappa shape index (κ3) is 9.65. The third-order valence-electron chi connectivity index (χ3n) is 7.42. The Morgan fingerprint density at radius 2 is 1.65 bits per heavy atom. The molecule has 0 unspecified atom stereocenters. The van der Waals surface area contributed by atoms with Crippen molar-refractivity contribution in [3.63, 3.8) is 0 Å². The minimum atomic E-state index is -1.04. The molecule has 0 fully saturated rings. The van der Waals surface area contributed by atoms with E-state index in [-0.39, 0.29) is 31.0 Å². The first kappa shape index (κ1) is 33.6. The summed E-state index contributed by atoms with van der Waals surface area (Å²) >= 11 is 0. The molecule has 0 saturated heterocycles. The van der Waals surface area contributed by atoms with Crippen LogP contribution in [0.15, 0.2) is 97.2 Å². The van der Waals surface area contributed by atoms with Crippen molar-refractivity contribution in [3.05, 3.63) is 120 Å². The summed E-state index contributed by atoms with van der Waals surface area (Å²) in [7, 11) is 0. The van der Waals surface area contributed by atoms with E-state index in [0.717, 1.165) is 16.7 Å². The van der Waals surface area contributed by atoms with E-state index in [4.69, 9.17) is 9.47 Å². The number of hydrogen-bond donors (Lipinski definition) is 4. The van der Waals surface area contributed by atoms with E-state index in [0.29, 0.717) is 23.6 Å². The molecule has 0 saturated carbocycles. The lowest BCUT2D eigenvalue weighted by atomic mass is 10.0. The molecule has 0 radical (unpaired) electrons. The highest BCUT2D eigenvalue weighted by atomic mass is 16.6. The van der Waals surface area contributed by atoms with Gasteiger partial charge in [0, 0.05) is 25.6 Å². The molecule has 0 aliphatic carbocycles. The fraction of sp³-hybridized carbons (Fsp3) is 0.270. The highest BCUT2D eigenvalue weighted by molar-refractivity contribution is 6.03. The SMILES string of the molecule is CC(C)(C)OC(=O)N[C@H]1Cc2ccc(cc2)Oc2ccc(cc2NC(=O)c2ccccn2)CCNC(=O)[C@H](Cc2ccccc2)NC1=O. The number of rotatable bonds is 5. The molecule has 2 atom stereocenters. The number of aromatic nitrogens is 1. The number of hydrogen-bond acceptors (Lipinski definition) is 7. The van der Waals surface area contributed by atoms with Gasteiger partial charge in [-0.05, 0) is 80.3 Å². The van der Waals surface area contributed by atoms with Gasteiger partial charge in [-0.3, -0.25) is 19.4 Å². The summed E-state index contributed by atoms with van der Waals surface area (Å²) in [5.41, 5.74) is 2.33. The van der Waals surface area contributed by atoms with Crippen LogP contribution < -0.4 is 26.0 Å². The Kier molecular flexibility index (Phi) is 10.7. The molecule has 1 aromatic heterocycles. The molecule has 248 valence electrons. The molecule has 4 N–H and O–H groups in total. The highest BCUT2D eigenvalue weighted by Crippen LogP contribution is 2.31. The lowest BCUT2D eigenvalue weighted by Gasteiger charge is -2.25. The van der Waals surface area contributed by atoms with E-state index in [1.807, 2.05) is 36.4 Å². The molecule has 0 spiro atoms. The van der Waals surface area contributed by atoms with Gasteiger partial charge in [0.25, 0.3) is 5.91 Å². The van der Waals surface area contributed by atoms with Crippen LogP contribution in [0.25, 0.3) is 0 Å². The van der Waals surface area contributed by atoms with E-state index >= 15 is 0 Å². The summed E-state index contributed by atoms with van der Waals surface area (Å²) in [4.78, 5) is 57.3. The van der Waals surface area contributed by atoms with E-state index in [1.54, 1.807) is 81.6 Å². The number of ether oxygens (including phenoxy) is 2. The Hall–Kier alpha value is -5.71. The predicted molar refractivity (Wildman–Crippen MR) is 181 cm³/mol. The van der Waals surface area contributed by atoms with Gasteiger partial charge in [0.05, 0.1) is 5.69 Å². The predicted octanol–water partition coefficient (Wildman–Crippen LogP) is 4.96. The number of anilines is 1. The van der Waals surface area contributed by atoms with E-state index in [2.05, 4.69) is 26.3 Å². The van der Waals surface area contributed by atoms with Crippen molar-refractivity contribution >= 4 is 29.5 Å². The second-order valence-electron chi connectivity index (χ2n) is 12.4. The van der Waals surface area contributed by atoms with Crippen LogP contribution in [-0.4, -0.2) is 53.0 Å². The first-order valence-corrected chi connectivity index (χ1v) is 15.8. The topological polar surface area (TPSA) is 148 Å². The average molecular weight is 650 g/mol. The Morgan fingerprint density at radius 1 is 0.917 bits per heavy atom. The standard InChI is InChI=1S/C37H39N5O6/c1-37(2,3)48-36(46)42-31-23-25-12-15-27(16-13-25)47-32-17-14-26(21-29(32)40-34(44)28-11-7-8-19-38-28)18-20-39-33(43)30(41-35(31)45)22-24-9-5-4-6-10-24/h4-17,19,21,30-31H,18,20,22-23H2,1-3H3,(H,39,43)(H,40,44)(H,41,45)(H,42,46)/t30-,31-/m0/s1. The summed E-state index contributed by atoms with van der Waals surface area (Å²) in [6, 6.07) is 25.0. The van der Waals surface area contributed by atoms with Crippen LogP contribution in [0, 0.1) is 0 Å². The minimum Gasteiger partial charge on any atom is -0.455 e. The maximum absolute atomic E-state index is 13.7. The maximum Gasteiger partial charge on any atom is 0.408 e. The Morgan fingerprint density at radius 3 is 2.35 bits per heavy atom. The van der Waals surface area contributed by atoms with Crippen molar-refractivity contribution < 1.29 is 28.7 Å². The van der Waals surface area contributed by atoms with Gasteiger partial charge in [0.1, 0.15) is 29.1 Å². The monoisotopic (exact) mass is 649 g/mol. The number of amides is 4. The molecule has 4 heterocycles. The number of pyridine rings is 1. The molecule has 4 aromatic rings. The van der Waals surface area contributed by atoms with E-state index < -0.39 is 35.6 Å². The maximum atomic E-state index is 13.7. The zero-order chi connectivity index (χ0) is 34.1. The van der Waals surface area contributed by atoms with Crippen LogP contribution in [0.5, 0.6) is 11.5 Å². The number of benzene rings is 3. The smallest absolute Gasteiger partial charge is 0.408 e. The van der Waals surface area contributed by atoms with Crippen LogP contribution in [-0.2, 0) is 33.6 Å². The van der Waals surface area contributed by atoms with Crippen molar-refractivity contribution in [1.29, 1.82) is 0 Å². The fourth-order valence-corrected chi connectivity index (χ4v) is 5.10. The van der Waals surface area contributed by atoms with Crippen molar-refractivity contribution in [1.82, 2.24) is 20.9 Å². The second kappa shape index (κ2) is 15.3. The highest BCUT2D eigenvalue weighted by Gasteiger charge is 2.29. The normalized spacial score (nSPS) is 16.8. The number of fused-ring (bicyclic) bond motifs is 2. The Labute approximate surface area is 279 Å². The molecule has 3 aliphatic heterocycles. The van der Waals surface area contributed by atoms with Crippen molar-refractivity contribution in [3.8, 4) is 11.5 Å². The molecule has 7 rings (SSSR count). The summed E-state index contributed by atoms with van der Waals surface area (Å²) < 4.78 is 11.6. The summed E-state index contributed by atoms with van der Waals surface area (Å²) in [5.74, 6) is -0.393. The molecule has 48 heavy (non-hydrogen) atoms. The average Bonchev–Trinajstić information content (AvgIpc) is 3.05. The van der Waals surface area contributed by atoms with Gasteiger partial charge < -0.3 is 30.7 Å². The lowest BCUT2D eigenvalue weighted by molar-refractivity contribution is -0.130. The van der Waals surface area contributed by atoms with E-state index in [9.17, 15) is 19.2 Å². The molecular weight excluding hydrogens is 610 g/mol. The molecule has 3 aromatic carbocycles. The number of carbonyl (C=O) groups excluding carboxylic acids is 4. The van der Waals surface area contributed by atoms with Crippen molar-refractivity contribution in [2.45, 2.75) is 57.7 Å². The summed E-state index contributed by atoms with van der Waals surface area (Å²) in [5, 5.41) is 11.4. The van der Waals surface area contributed by atoms with Crippen LogP contribution in [0.1, 0.15) is 48.0 Å². The van der Waals surface area contributed by atoms with Crippen molar-refractivity contribution in [2.24, 2.45) is 0 Å². The molecule has 3 aliphatic rings. The summed E-state index contributed by atoms with van der Waals surface area (Å²) in [6.45, 7) is 5.46. The number of carbonyl (C=O) groups is 4. The number of nitrogens with zero attached hydrogens (tertiary/aromatic N) is 1. The van der Waals surface area contributed by atoms with Gasteiger partial charge in [-0.2, -0.15) is 0 Å². The number of nitrogens with one attached hydrogen (secondary N) is 4. The van der Waals surface area contributed by atoms with Gasteiger partial charge >= 0.3 is 6.09 Å². The van der Waals surface area contributed by atoms with Gasteiger partial charge in [-0.25, -0.2) is 4.79 Å². The van der Waals surface area contributed by atoms with Crippen LogP contribution in [0.4, 0.5) is 10.5 Å². The summed E-state index contributed by atoms with van der Waals surface area (Å²) in [6.07, 6.45) is 1.58. The first-order valence-electron chi connectivity index (χ1n) is 15.8. The van der Waals surface area contributed by atoms with Gasteiger partial charge in [-0.15, -0.1) is 0 Å². The molecule has 4 amide bonds. The van der Waals surface area contributed by atoms with Crippen LogP contribution in [0.3, 0.4) is 0 Å². The minimum absolute atomic E-state index is 0.116. The fourth-order valence-electron chi connectivity index (χ4n) is 5.10. The molecule has 11 nitrogen and oxygen atoms in total. The van der Waals surface area contributed by atoms with E-state index in [1.165, 1.54) is 0 Å². The van der Waals surface area contributed by atoms with Crippen LogP contribution in [0.2, 0.25) is 0 Å². The Bertz CT molecular complexity index is 1740. The zero-order valence-corrected chi connectivity index (χ0v) is 27.1. The Balaban J connectivity index is 1.46. The quantitative estimate of drug-likeness (QED) is 0.239. The lowest BCUT2D eigenvalue weighted by Crippen LogP contribution is -2.55. The van der Waals surface area contributed by atoms with Crippen molar-refractivity contribution in [2.75, 3.05) is 11.9 Å². The van der Waals surface area contributed by atoms with Gasteiger partial charge in [0.2, 0.25) is 11.8 Å². The molecule has 11 heteroatoms. The van der Waals surface area contributed by atoms with Gasteiger partial charge in [0.15, 0.2) is 5.75 Å². The molecular formula is C37H39N5O6. The third-order valence-corrected chi connectivity index (χ3v) is 7.42. The largest absolute Gasteiger partial charge is 0.455 e. The van der Waals surface area contributed by atoms with Gasteiger partial charge in [-0.1, -0.05) is 54.6 Å². The van der Waals surface area contributed by atoms with Crippen LogP contribution >= 0.6 is 0 Å². The number of alkyl carbamates (subject to hydrolysis) is 1. The zero-order valence-electron chi connectivity index (χ0n) is 27.1. The molecule has 4 bridgehead atoms. The first-order chi connectivity index (χ1) is 23.0.